The zero-order valence-electron chi connectivity index (χ0n) is 7.04. The number of rotatable bonds is 2. The van der Waals surface area contributed by atoms with Crippen LogP contribution in [0.25, 0.3) is 0 Å². The molecule has 0 saturated carbocycles. The molecule has 0 amide bonds. The monoisotopic (exact) mass is 183 g/mol. The Bertz CT molecular complexity index is 279. The Morgan fingerprint density at radius 1 is 1.33 bits per heavy atom. The fourth-order valence-corrected chi connectivity index (χ4v) is 1.01. The second kappa shape index (κ2) is 4.12. The first-order chi connectivity index (χ1) is 5.74. The number of nitrogens with zero attached hydrogens (tertiary/aromatic N) is 1. The molecule has 0 radical (unpaired) electrons. The molecule has 1 aromatic carbocycles. The molecule has 0 aromatic heterocycles. The van der Waals surface area contributed by atoms with Crippen LogP contribution in [0, 0.1) is 0 Å². The van der Waals surface area contributed by atoms with Crippen molar-refractivity contribution >= 4 is 17.3 Å². The van der Waals surface area contributed by atoms with Gasteiger partial charge in [-0.25, -0.2) is 0 Å². The van der Waals surface area contributed by atoms with Crippen LogP contribution in [0.3, 0.4) is 0 Å². The van der Waals surface area contributed by atoms with Gasteiger partial charge in [0.25, 0.3) is 0 Å². The first-order valence-electron chi connectivity index (χ1n) is 3.57. The van der Waals surface area contributed by atoms with Crippen LogP contribution in [-0.2, 0) is 4.84 Å². The van der Waals surface area contributed by atoms with Crippen molar-refractivity contribution in [2.75, 3.05) is 7.11 Å². The molecule has 0 fully saturated rings. The van der Waals surface area contributed by atoms with E-state index in [1.165, 1.54) is 7.11 Å². The van der Waals surface area contributed by atoms with E-state index in [9.17, 15) is 0 Å². The highest BCUT2D eigenvalue weighted by Gasteiger charge is 1.96. The lowest BCUT2D eigenvalue weighted by atomic mass is 10.1. The molecule has 2 nitrogen and oxygen atoms in total. The molecule has 0 heterocycles. The fraction of sp³-hybridized carbons (Fsp3) is 0.222. The predicted molar refractivity (Wildman–Crippen MR) is 50.7 cm³/mol. The van der Waals surface area contributed by atoms with Crippen LogP contribution < -0.4 is 0 Å². The van der Waals surface area contributed by atoms with E-state index in [0.29, 0.717) is 0 Å². The van der Waals surface area contributed by atoms with Crippen LogP contribution in [0.15, 0.2) is 29.4 Å². The number of oxime groups is 1. The number of hydrogen-bond acceptors (Lipinski definition) is 2. The Kier molecular flexibility index (Phi) is 3.11. The van der Waals surface area contributed by atoms with Crippen molar-refractivity contribution < 1.29 is 4.84 Å². The molecule has 0 N–H and O–H groups in total. The van der Waals surface area contributed by atoms with Gasteiger partial charge in [-0.3, -0.25) is 0 Å². The van der Waals surface area contributed by atoms with Gasteiger partial charge in [0.1, 0.15) is 7.11 Å². The van der Waals surface area contributed by atoms with Gasteiger partial charge in [-0.15, -0.1) is 0 Å². The largest absolute Gasteiger partial charge is 0.399 e. The zero-order valence-corrected chi connectivity index (χ0v) is 7.80. The summed E-state index contributed by atoms with van der Waals surface area (Å²) in [5.41, 5.74) is 1.86. The normalized spacial score (nSPS) is 11.4. The van der Waals surface area contributed by atoms with E-state index in [4.69, 9.17) is 11.6 Å². The van der Waals surface area contributed by atoms with Gasteiger partial charge >= 0.3 is 0 Å². The summed E-state index contributed by atoms with van der Waals surface area (Å²) in [6, 6.07) is 7.46. The van der Waals surface area contributed by atoms with Crippen LogP contribution >= 0.6 is 11.6 Å². The van der Waals surface area contributed by atoms with Crippen molar-refractivity contribution in [2.24, 2.45) is 5.16 Å². The van der Waals surface area contributed by atoms with Gasteiger partial charge in [-0.2, -0.15) is 0 Å². The van der Waals surface area contributed by atoms with E-state index >= 15 is 0 Å². The summed E-state index contributed by atoms with van der Waals surface area (Å²) in [5, 5.41) is 4.52. The Morgan fingerprint density at radius 2 is 1.92 bits per heavy atom. The Morgan fingerprint density at radius 3 is 2.42 bits per heavy atom. The second-order valence-corrected chi connectivity index (χ2v) is 2.80. The molecule has 1 aromatic rings. The first-order valence-corrected chi connectivity index (χ1v) is 3.95. The summed E-state index contributed by atoms with van der Waals surface area (Å²) < 4.78 is 0. The summed E-state index contributed by atoms with van der Waals surface area (Å²) in [7, 11) is 1.53. The molecule has 0 aliphatic heterocycles. The Labute approximate surface area is 76.8 Å². The molecule has 64 valence electrons. The molecule has 0 spiro atoms. The highest BCUT2D eigenvalue weighted by atomic mass is 35.5. The van der Waals surface area contributed by atoms with Gasteiger partial charge in [0.15, 0.2) is 0 Å². The highest BCUT2D eigenvalue weighted by molar-refractivity contribution is 6.30. The smallest absolute Gasteiger partial charge is 0.106 e. The molecular weight excluding hydrogens is 174 g/mol. The van der Waals surface area contributed by atoms with Crippen molar-refractivity contribution in [3.8, 4) is 0 Å². The van der Waals surface area contributed by atoms with E-state index in [2.05, 4.69) is 9.99 Å². The Hall–Kier alpha value is -1.02. The fourth-order valence-electron chi connectivity index (χ4n) is 0.881. The van der Waals surface area contributed by atoms with Crippen LogP contribution in [0.4, 0.5) is 0 Å². The lowest BCUT2D eigenvalue weighted by molar-refractivity contribution is 0.213. The standard InChI is InChI=1S/C9H10ClNO/c1-7(11-12-2)8-3-5-9(10)6-4-8/h3-6H,1-2H3. The maximum atomic E-state index is 5.72. The lowest BCUT2D eigenvalue weighted by Crippen LogP contribution is -1.94. The minimum Gasteiger partial charge on any atom is -0.399 e. The second-order valence-electron chi connectivity index (χ2n) is 2.37. The quantitative estimate of drug-likeness (QED) is 0.510. The first kappa shape index (κ1) is 9.07. The van der Waals surface area contributed by atoms with Gasteiger partial charge in [0.05, 0.1) is 5.71 Å². The molecule has 0 unspecified atom stereocenters. The van der Waals surface area contributed by atoms with Crippen LogP contribution in [0.2, 0.25) is 5.02 Å². The lowest BCUT2D eigenvalue weighted by Gasteiger charge is -1.98. The molecule has 0 aliphatic carbocycles. The maximum absolute atomic E-state index is 5.72. The van der Waals surface area contributed by atoms with Crippen molar-refractivity contribution in [1.29, 1.82) is 0 Å². The third-order valence-corrected chi connectivity index (χ3v) is 1.74. The summed E-state index contributed by atoms with van der Waals surface area (Å²) in [5.74, 6) is 0. The summed E-state index contributed by atoms with van der Waals surface area (Å²) in [4.78, 5) is 4.64. The average molecular weight is 184 g/mol. The zero-order chi connectivity index (χ0) is 8.97. The molecule has 0 saturated heterocycles. The van der Waals surface area contributed by atoms with Crippen LogP contribution in [0.1, 0.15) is 12.5 Å². The highest BCUT2D eigenvalue weighted by Crippen LogP contribution is 2.10. The van der Waals surface area contributed by atoms with E-state index in [0.717, 1.165) is 16.3 Å². The van der Waals surface area contributed by atoms with Crippen molar-refractivity contribution in [3.63, 3.8) is 0 Å². The van der Waals surface area contributed by atoms with Gasteiger partial charge in [0, 0.05) is 5.02 Å². The van der Waals surface area contributed by atoms with Gasteiger partial charge in [0.2, 0.25) is 0 Å². The summed E-state index contributed by atoms with van der Waals surface area (Å²) >= 11 is 5.72. The maximum Gasteiger partial charge on any atom is 0.106 e. The van der Waals surface area contributed by atoms with Gasteiger partial charge in [-0.1, -0.05) is 28.9 Å². The molecule has 1 rings (SSSR count). The van der Waals surface area contributed by atoms with E-state index in [1.54, 1.807) is 0 Å². The molecule has 12 heavy (non-hydrogen) atoms. The molecule has 3 heteroatoms. The minimum absolute atomic E-state index is 0.726. The molecule has 0 atom stereocenters. The SMILES string of the molecule is CON=C(C)c1ccc(Cl)cc1. The van der Waals surface area contributed by atoms with E-state index < -0.39 is 0 Å². The van der Waals surface area contributed by atoms with E-state index in [-0.39, 0.29) is 0 Å². The van der Waals surface area contributed by atoms with Gasteiger partial charge < -0.3 is 4.84 Å². The Balaban J connectivity index is 2.89. The summed E-state index contributed by atoms with van der Waals surface area (Å²) in [6.07, 6.45) is 0. The number of halogens is 1. The molecular formula is C9H10ClNO. The molecule has 0 bridgehead atoms. The van der Waals surface area contributed by atoms with Crippen LogP contribution in [0.5, 0.6) is 0 Å². The van der Waals surface area contributed by atoms with Crippen molar-refractivity contribution in [1.82, 2.24) is 0 Å². The van der Waals surface area contributed by atoms with Gasteiger partial charge in [-0.05, 0) is 24.6 Å². The van der Waals surface area contributed by atoms with Crippen molar-refractivity contribution in [2.45, 2.75) is 6.92 Å². The predicted octanol–water partition coefficient (Wildman–Crippen LogP) is 2.71. The third-order valence-electron chi connectivity index (χ3n) is 1.49. The number of hydrogen-bond donors (Lipinski definition) is 0. The summed E-state index contributed by atoms with van der Waals surface area (Å²) in [6.45, 7) is 1.88. The number of benzene rings is 1. The topological polar surface area (TPSA) is 21.6 Å². The molecule has 0 aliphatic rings. The van der Waals surface area contributed by atoms with E-state index in [1.807, 2.05) is 31.2 Å². The third kappa shape index (κ3) is 2.24. The van der Waals surface area contributed by atoms with Crippen molar-refractivity contribution in [3.05, 3.63) is 34.9 Å². The van der Waals surface area contributed by atoms with Crippen LogP contribution in [-0.4, -0.2) is 12.8 Å². The minimum atomic E-state index is 0.726. The average Bonchev–Trinajstić information content (AvgIpc) is 2.06.